The highest BCUT2D eigenvalue weighted by molar-refractivity contribution is 5.68. The molecule has 0 aromatic carbocycles. The Balaban J connectivity index is 2.31. The lowest BCUT2D eigenvalue weighted by molar-refractivity contribution is 0.0301. The van der Waals surface area contributed by atoms with E-state index in [0.29, 0.717) is 13.2 Å². The third-order valence-electron chi connectivity index (χ3n) is 1.96. The molecule has 0 spiro atoms. The zero-order valence-electron chi connectivity index (χ0n) is 9.58. The number of rotatable bonds is 1. The van der Waals surface area contributed by atoms with E-state index in [9.17, 15) is 4.79 Å². The number of ether oxygens (including phenoxy) is 2. The Labute approximate surface area is 90.3 Å². The number of hydrogen-bond acceptors (Lipinski definition) is 4. The van der Waals surface area contributed by atoms with E-state index in [0.717, 1.165) is 6.42 Å². The summed E-state index contributed by atoms with van der Waals surface area (Å²) in [6.45, 7) is 6.56. The van der Waals surface area contributed by atoms with Crippen LogP contribution < -0.4 is 11.1 Å². The van der Waals surface area contributed by atoms with Crippen LogP contribution in [0.5, 0.6) is 0 Å². The first-order chi connectivity index (χ1) is 6.87. The SMILES string of the molecule is CC(C)(C)OC(=O)N[C@@H]1COC[C@@H](N)C1. The van der Waals surface area contributed by atoms with Gasteiger partial charge in [0.1, 0.15) is 5.60 Å². The second kappa shape index (κ2) is 4.81. The molecule has 0 bridgehead atoms. The minimum Gasteiger partial charge on any atom is -0.444 e. The van der Waals surface area contributed by atoms with Gasteiger partial charge in [0.05, 0.1) is 19.3 Å². The Morgan fingerprint density at radius 1 is 1.47 bits per heavy atom. The molecule has 1 saturated heterocycles. The summed E-state index contributed by atoms with van der Waals surface area (Å²) in [6, 6.07) is -0.0395. The van der Waals surface area contributed by atoms with E-state index in [1.807, 2.05) is 20.8 Å². The van der Waals surface area contributed by atoms with Crippen LogP contribution in [-0.4, -0.2) is 37.0 Å². The van der Waals surface area contributed by atoms with Gasteiger partial charge in [-0.3, -0.25) is 0 Å². The van der Waals surface area contributed by atoms with E-state index >= 15 is 0 Å². The first kappa shape index (κ1) is 12.3. The number of amides is 1. The summed E-state index contributed by atoms with van der Waals surface area (Å²) in [5.41, 5.74) is 5.24. The van der Waals surface area contributed by atoms with Gasteiger partial charge < -0.3 is 20.5 Å². The Hall–Kier alpha value is -0.810. The van der Waals surface area contributed by atoms with E-state index in [4.69, 9.17) is 15.2 Å². The predicted octanol–water partition coefficient (Wildman–Crippen LogP) is 0.627. The predicted molar refractivity (Wildman–Crippen MR) is 56.6 cm³/mol. The van der Waals surface area contributed by atoms with Crippen molar-refractivity contribution in [1.82, 2.24) is 5.32 Å². The van der Waals surface area contributed by atoms with Gasteiger partial charge in [0.15, 0.2) is 0 Å². The van der Waals surface area contributed by atoms with Gasteiger partial charge in [0.25, 0.3) is 0 Å². The molecule has 1 heterocycles. The molecule has 2 atom stereocenters. The number of hydrogen-bond donors (Lipinski definition) is 2. The lowest BCUT2D eigenvalue weighted by Gasteiger charge is -2.28. The highest BCUT2D eigenvalue weighted by atomic mass is 16.6. The van der Waals surface area contributed by atoms with Crippen LogP contribution in [0.1, 0.15) is 27.2 Å². The average Bonchev–Trinajstić information content (AvgIpc) is 1.99. The molecule has 0 aliphatic carbocycles. The lowest BCUT2D eigenvalue weighted by atomic mass is 10.1. The molecular formula is C10H20N2O3. The summed E-state index contributed by atoms with van der Waals surface area (Å²) in [5.74, 6) is 0. The minimum atomic E-state index is -0.471. The summed E-state index contributed by atoms with van der Waals surface area (Å²) in [5, 5.41) is 2.74. The van der Waals surface area contributed by atoms with Crippen LogP contribution in [0.25, 0.3) is 0 Å². The van der Waals surface area contributed by atoms with Crippen LogP contribution in [0.3, 0.4) is 0 Å². The fourth-order valence-electron chi connectivity index (χ4n) is 1.44. The van der Waals surface area contributed by atoms with Gasteiger partial charge in [-0.05, 0) is 27.2 Å². The van der Waals surface area contributed by atoms with Crippen molar-refractivity contribution >= 4 is 6.09 Å². The van der Waals surface area contributed by atoms with Crippen LogP contribution in [0.15, 0.2) is 0 Å². The summed E-state index contributed by atoms with van der Waals surface area (Å²) in [7, 11) is 0. The van der Waals surface area contributed by atoms with Crippen LogP contribution in [0.2, 0.25) is 0 Å². The zero-order valence-corrected chi connectivity index (χ0v) is 9.58. The van der Waals surface area contributed by atoms with Crippen LogP contribution >= 0.6 is 0 Å². The molecule has 0 aromatic rings. The molecule has 3 N–H and O–H groups in total. The van der Waals surface area contributed by atoms with Crippen LogP contribution in [0.4, 0.5) is 4.79 Å². The summed E-state index contributed by atoms with van der Waals surface area (Å²) >= 11 is 0. The molecule has 0 aromatic heterocycles. The molecule has 5 nitrogen and oxygen atoms in total. The molecule has 1 rings (SSSR count). The van der Waals surface area contributed by atoms with Crippen molar-refractivity contribution in [2.45, 2.75) is 44.9 Å². The van der Waals surface area contributed by atoms with Crippen molar-refractivity contribution in [1.29, 1.82) is 0 Å². The minimum absolute atomic E-state index is 0.00122. The maximum Gasteiger partial charge on any atom is 0.407 e. The quantitative estimate of drug-likeness (QED) is 0.674. The molecule has 1 aliphatic heterocycles. The van der Waals surface area contributed by atoms with Gasteiger partial charge in [-0.2, -0.15) is 0 Å². The van der Waals surface area contributed by atoms with Crippen molar-refractivity contribution in [2.75, 3.05) is 13.2 Å². The molecular weight excluding hydrogens is 196 g/mol. The molecule has 1 aliphatic rings. The van der Waals surface area contributed by atoms with Crippen molar-refractivity contribution < 1.29 is 14.3 Å². The van der Waals surface area contributed by atoms with E-state index < -0.39 is 11.7 Å². The number of carbonyl (C=O) groups excluding carboxylic acids is 1. The molecule has 0 saturated carbocycles. The average molecular weight is 216 g/mol. The van der Waals surface area contributed by atoms with Crippen molar-refractivity contribution in [3.05, 3.63) is 0 Å². The third-order valence-corrected chi connectivity index (χ3v) is 1.96. The Morgan fingerprint density at radius 3 is 2.67 bits per heavy atom. The van der Waals surface area contributed by atoms with E-state index in [-0.39, 0.29) is 12.1 Å². The van der Waals surface area contributed by atoms with Crippen LogP contribution in [0, 0.1) is 0 Å². The molecule has 1 amide bonds. The van der Waals surface area contributed by atoms with Gasteiger partial charge in [0, 0.05) is 6.04 Å². The van der Waals surface area contributed by atoms with Crippen molar-refractivity contribution in [3.63, 3.8) is 0 Å². The molecule has 1 fully saturated rings. The second-order valence-electron chi connectivity index (χ2n) is 4.88. The van der Waals surface area contributed by atoms with Gasteiger partial charge in [-0.1, -0.05) is 0 Å². The first-order valence-corrected chi connectivity index (χ1v) is 5.19. The van der Waals surface area contributed by atoms with Crippen molar-refractivity contribution in [3.8, 4) is 0 Å². The fraction of sp³-hybridized carbons (Fsp3) is 0.900. The monoisotopic (exact) mass is 216 g/mol. The van der Waals surface area contributed by atoms with Gasteiger partial charge in [0.2, 0.25) is 0 Å². The van der Waals surface area contributed by atoms with E-state index in [1.165, 1.54) is 0 Å². The highest BCUT2D eigenvalue weighted by Crippen LogP contribution is 2.09. The number of carbonyl (C=O) groups is 1. The largest absolute Gasteiger partial charge is 0.444 e. The summed E-state index contributed by atoms with van der Waals surface area (Å²) < 4.78 is 10.4. The van der Waals surface area contributed by atoms with Gasteiger partial charge in [-0.15, -0.1) is 0 Å². The standard InChI is InChI=1S/C10H20N2O3/c1-10(2,3)15-9(13)12-8-4-7(11)5-14-6-8/h7-8H,4-6,11H2,1-3H3,(H,12,13)/t7-,8-/m0/s1. The van der Waals surface area contributed by atoms with Crippen LogP contribution in [-0.2, 0) is 9.47 Å². The highest BCUT2D eigenvalue weighted by Gasteiger charge is 2.24. The molecule has 15 heavy (non-hydrogen) atoms. The topological polar surface area (TPSA) is 73.6 Å². The first-order valence-electron chi connectivity index (χ1n) is 5.19. The Kier molecular flexibility index (Phi) is 3.93. The van der Waals surface area contributed by atoms with Gasteiger partial charge >= 0.3 is 6.09 Å². The Bertz CT molecular complexity index is 225. The third kappa shape index (κ3) is 4.99. The van der Waals surface area contributed by atoms with Gasteiger partial charge in [-0.25, -0.2) is 4.79 Å². The molecule has 88 valence electrons. The number of nitrogens with two attached hydrogens (primary N) is 1. The van der Waals surface area contributed by atoms with E-state index in [2.05, 4.69) is 5.32 Å². The fourth-order valence-corrected chi connectivity index (χ4v) is 1.44. The number of alkyl carbamates (subject to hydrolysis) is 1. The second-order valence-corrected chi connectivity index (χ2v) is 4.88. The molecule has 0 unspecified atom stereocenters. The smallest absolute Gasteiger partial charge is 0.407 e. The maximum atomic E-state index is 11.4. The number of nitrogens with one attached hydrogen (secondary N) is 1. The lowest BCUT2D eigenvalue weighted by Crippen LogP contribution is -2.48. The van der Waals surface area contributed by atoms with E-state index in [1.54, 1.807) is 0 Å². The van der Waals surface area contributed by atoms with Crippen molar-refractivity contribution in [2.24, 2.45) is 5.73 Å². The molecule has 0 radical (unpaired) electrons. The summed E-state index contributed by atoms with van der Waals surface area (Å²) in [6.07, 6.45) is 0.324. The molecule has 5 heteroatoms. The Morgan fingerprint density at radius 2 is 2.13 bits per heavy atom. The maximum absolute atomic E-state index is 11.4. The normalized spacial score (nSPS) is 27.2. The summed E-state index contributed by atoms with van der Waals surface area (Å²) in [4.78, 5) is 11.4. The zero-order chi connectivity index (χ0) is 11.5.